The maximum absolute atomic E-state index is 11.5. The molecule has 2 aromatic rings. The molecule has 0 atom stereocenters. The molecule has 22 heavy (non-hydrogen) atoms. The van der Waals surface area contributed by atoms with E-state index in [4.69, 9.17) is 0 Å². The molecule has 0 saturated carbocycles. The first-order valence-corrected chi connectivity index (χ1v) is 7.14. The second-order valence-corrected chi connectivity index (χ2v) is 4.82. The highest BCUT2D eigenvalue weighted by molar-refractivity contribution is 5.74. The first kappa shape index (κ1) is 15.7. The third-order valence-electron chi connectivity index (χ3n) is 3.33. The van der Waals surface area contributed by atoms with Crippen LogP contribution < -0.4 is 10.2 Å². The van der Waals surface area contributed by atoms with Gasteiger partial charge in [-0.1, -0.05) is 12.1 Å². The molecule has 0 saturated heterocycles. The summed E-state index contributed by atoms with van der Waals surface area (Å²) in [5.41, 5.74) is 1.71. The SMILES string of the molecule is CCN(CC)c1ncnc(Nc2cccc(C)c2)c1[N+](=O)[O-]. The number of hydrogen-bond acceptors (Lipinski definition) is 6. The van der Waals surface area contributed by atoms with Gasteiger partial charge in [0.2, 0.25) is 11.6 Å². The van der Waals surface area contributed by atoms with Crippen LogP contribution in [0.4, 0.5) is 23.0 Å². The predicted octanol–water partition coefficient (Wildman–Crippen LogP) is 3.28. The Morgan fingerprint density at radius 2 is 2.00 bits per heavy atom. The highest BCUT2D eigenvalue weighted by Crippen LogP contribution is 2.33. The molecule has 0 aliphatic rings. The van der Waals surface area contributed by atoms with Crippen LogP contribution in [0.25, 0.3) is 0 Å². The molecule has 1 N–H and O–H groups in total. The van der Waals surface area contributed by atoms with Gasteiger partial charge in [-0.05, 0) is 38.5 Å². The van der Waals surface area contributed by atoms with Gasteiger partial charge in [0.1, 0.15) is 6.33 Å². The summed E-state index contributed by atoms with van der Waals surface area (Å²) in [5, 5.41) is 14.5. The normalized spacial score (nSPS) is 10.3. The fourth-order valence-corrected chi connectivity index (χ4v) is 2.24. The van der Waals surface area contributed by atoms with Crippen LogP contribution >= 0.6 is 0 Å². The van der Waals surface area contributed by atoms with Crippen molar-refractivity contribution < 1.29 is 4.92 Å². The lowest BCUT2D eigenvalue weighted by atomic mass is 10.2. The van der Waals surface area contributed by atoms with Gasteiger partial charge in [-0.15, -0.1) is 0 Å². The number of hydrogen-bond donors (Lipinski definition) is 1. The van der Waals surface area contributed by atoms with Crippen LogP contribution in [-0.2, 0) is 0 Å². The molecule has 2 rings (SSSR count). The Morgan fingerprint density at radius 1 is 1.27 bits per heavy atom. The Labute approximate surface area is 129 Å². The molecule has 0 bridgehead atoms. The number of aryl methyl sites for hydroxylation is 1. The standard InChI is InChI=1S/C15H19N5O2/c1-4-19(5-2)15-13(20(21)22)14(16-10-17-15)18-12-8-6-7-11(3)9-12/h6-10H,4-5H2,1-3H3,(H,16,17,18). The van der Waals surface area contributed by atoms with Crippen LogP contribution in [0.2, 0.25) is 0 Å². The topological polar surface area (TPSA) is 84.2 Å². The van der Waals surface area contributed by atoms with Gasteiger partial charge in [0.25, 0.3) is 0 Å². The number of benzene rings is 1. The summed E-state index contributed by atoms with van der Waals surface area (Å²) >= 11 is 0. The maximum Gasteiger partial charge on any atom is 0.353 e. The van der Waals surface area contributed by atoms with E-state index in [1.54, 1.807) is 0 Å². The zero-order valence-corrected chi connectivity index (χ0v) is 12.9. The summed E-state index contributed by atoms with van der Waals surface area (Å²) in [4.78, 5) is 21.0. The first-order valence-electron chi connectivity index (χ1n) is 7.14. The highest BCUT2D eigenvalue weighted by Gasteiger charge is 2.25. The summed E-state index contributed by atoms with van der Waals surface area (Å²) in [7, 11) is 0. The Balaban J connectivity index is 2.47. The van der Waals surface area contributed by atoms with Gasteiger partial charge >= 0.3 is 5.69 Å². The predicted molar refractivity (Wildman–Crippen MR) is 86.7 cm³/mol. The second-order valence-electron chi connectivity index (χ2n) is 4.82. The molecule has 0 spiro atoms. The van der Waals surface area contributed by atoms with Gasteiger partial charge in [-0.2, -0.15) is 0 Å². The van der Waals surface area contributed by atoms with E-state index in [1.165, 1.54) is 6.33 Å². The minimum atomic E-state index is -0.439. The first-order chi connectivity index (χ1) is 10.6. The summed E-state index contributed by atoms with van der Waals surface area (Å²) in [6.45, 7) is 7.10. The van der Waals surface area contributed by atoms with Gasteiger partial charge in [0.15, 0.2) is 0 Å². The number of nitrogens with zero attached hydrogens (tertiary/aromatic N) is 4. The highest BCUT2D eigenvalue weighted by atomic mass is 16.6. The van der Waals surface area contributed by atoms with Crippen molar-refractivity contribution >= 4 is 23.0 Å². The number of anilines is 3. The molecule has 1 aromatic carbocycles. The van der Waals surface area contributed by atoms with Crippen molar-refractivity contribution in [3.63, 3.8) is 0 Å². The lowest BCUT2D eigenvalue weighted by Crippen LogP contribution is -2.24. The van der Waals surface area contributed by atoms with Crippen LogP contribution in [0, 0.1) is 17.0 Å². The van der Waals surface area contributed by atoms with Gasteiger partial charge in [0, 0.05) is 18.8 Å². The van der Waals surface area contributed by atoms with E-state index in [0.717, 1.165) is 11.3 Å². The molecular weight excluding hydrogens is 282 g/mol. The monoisotopic (exact) mass is 301 g/mol. The van der Waals surface area contributed by atoms with E-state index in [-0.39, 0.29) is 11.5 Å². The average Bonchev–Trinajstić information content (AvgIpc) is 2.48. The zero-order valence-electron chi connectivity index (χ0n) is 12.9. The van der Waals surface area contributed by atoms with Gasteiger partial charge in [-0.25, -0.2) is 9.97 Å². The van der Waals surface area contributed by atoms with E-state index in [9.17, 15) is 10.1 Å². The molecule has 0 aliphatic carbocycles. The lowest BCUT2D eigenvalue weighted by molar-refractivity contribution is -0.383. The van der Waals surface area contributed by atoms with Crippen LogP contribution in [0.1, 0.15) is 19.4 Å². The fraction of sp³-hybridized carbons (Fsp3) is 0.333. The van der Waals surface area contributed by atoms with Gasteiger partial charge in [-0.3, -0.25) is 10.1 Å². The fourth-order valence-electron chi connectivity index (χ4n) is 2.24. The van der Waals surface area contributed by atoms with Crippen LogP contribution in [0.15, 0.2) is 30.6 Å². The third-order valence-corrected chi connectivity index (χ3v) is 3.33. The molecule has 1 aromatic heterocycles. The summed E-state index contributed by atoms with van der Waals surface area (Å²) in [5.74, 6) is 0.535. The van der Waals surface area contributed by atoms with Gasteiger partial charge < -0.3 is 10.2 Å². The number of nitrogens with one attached hydrogen (secondary N) is 1. The number of rotatable bonds is 6. The molecule has 7 heteroatoms. The Hall–Kier alpha value is -2.70. The summed E-state index contributed by atoms with van der Waals surface area (Å²) in [6, 6.07) is 7.59. The molecule has 0 amide bonds. The van der Waals surface area contributed by atoms with E-state index in [1.807, 2.05) is 49.9 Å². The Bertz CT molecular complexity index is 671. The van der Waals surface area contributed by atoms with Crippen LogP contribution in [0.3, 0.4) is 0 Å². The van der Waals surface area contributed by atoms with Crippen LogP contribution in [-0.4, -0.2) is 28.0 Å². The van der Waals surface area contributed by atoms with Crippen molar-refractivity contribution in [2.45, 2.75) is 20.8 Å². The minimum Gasteiger partial charge on any atom is -0.351 e. The third kappa shape index (κ3) is 3.30. The quantitative estimate of drug-likeness (QED) is 0.651. The molecule has 7 nitrogen and oxygen atoms in total. The van der Waals surface area contributed by atoms with E-state index < -0.39 is 4.92 Å². The smallest absolute Gasteiger partial charge is 0.351 e. The molecule has 1 heterocycles. The maximum atomic E-state index is 11.5. The summed E-state index contributed by atoms with van der Waals surface area (Å²) < 4.78 is 0. The van der Waals surface area contributed by atoms with Crippen LogP contribution in [0.5, 0.6) is 0 Å². The van der Waals surface area contributed by atoms with Crippen molar-refractivity contribution in [1.29, 1.82) is 0 Å². The molecule has 116 valence electrons. The molecule has 0 aliphatic heterocycles. The van der Waals surface area contributed by atoms with Crippen molar-refractivity contribution in [2.24, 2.45) is 0 Å². The number of nitro groups is 1. The van der Waals surface area contributed by atoms with E-state index in [0.29, 0.717) is 18.9 Å². The number of aromatic nitrogens is 2. The van der Waals surface area contributed by atoms with Crippen molar-refractivity contribution in [3.05, 3.63) is 46.3 Å². The zero-order chi connectivity index (χ0) is 16.1. The van der Waals surface area contributed by atoms with Crippen molar-refractivity contribution in [3.8, 4) is 0 Å². The Kier molecular flexibility index (Phi) is 4.88. The Morgan fingerprint density at radius 3 is 2.59 bits per heavy atom. The molecule has 0 fully saturated rings. The average molecular weight is 301 g/mol. The van der Waals surface area contributed by atoms with Crippen molar-refractivity contribution in [1.82, 2.24) is 9.97 Å². The van der Waals surface area contributed by atoms with E-state index >= 15 is 0 Å². The molecule has 0 unspecified atom stereocenters. The second kappa shape index (κ2) is 6.84. The summed E-state index contributed by atoms with van der Waals surface area (Å²) in [6.07, 6.45) is 1.35. The largest absolute Gasteiger partial charge is 0.353 e. The lowest BCUT2D eigenvalue weighted by Gasteiger charge is -2.20. The molecule has 0 radical (unpaired) electrons. The molecular formula is C15H19N5O2. The minimum absolute atomic E-state index is 0.104. The van der Waals surface area contributed by atoms with Gasteiger partial charge in [0.05, 0.1) is 4.92 Å². The van der Waals surface area contributed by atoms with Crippen molar-refractivity contribution in [2.75, 3.05) is 23.3 Å². The van der Waals surface area contributed by atoms with E-state index in [2.05, 4.69) is 15.3 Å².